The van der Waals surface area contributed by atoms with Crippen LogP contribution in [-0.2, 0) is 14.3 Å². The van der Waals surface area contributed by atoms with E-state index >= 15 is 0 Å². The Hall–Kier alpha value is -3.40. The number of para-hydroxylation sites is 1. The van der Waals surface area contributed by atoms with Crippen molar-refractivity contribution in [2.75, 3.05) is 43.4 Å². The molecule has 0 spiro atoms. The van der Waals surface area contributed by atoms with E-state index < -0.39 is 5.97 Å². The number of piperazine rings is 1. The van der Waals surface area contributed by atoms with E-state index in [2.05, 4.69) is 10.6 Å². The lowest BCUT2D eigenvalue weighted by Gasteiger charge is -2.34. The van der Waals surface area contributed by atoms with Crippen LogP contribution in [0.5, 0.6) is 0 Å². The van der Waals surface area contributed by atoms with Crippen molar-refractivity contribution in [1.82, 2.24) is 9.80 Å². The Balaban J connectivity index is 1.19. The van der Waals surface area contributed by atoms with Crippen LogP contribution in [0.15, 0.2) is 42.5 Å². The van der Waals surface area contributed by atoms with Crippen LogP contribution in [0.2, 0.25) is 0 Å². The number of anilines is 2. The molecule has 2 heterocycles. The van der Waals surface area contributed by atoms with Crippen molar-refractivity contribution < 1.29 is 23.9 Å². The van der Waals surface area contributed by atoms with Crippen LogP contribution in [0, 0.1) is 5.92 Å². The SMILES string of the molecule is O=C(OCC(=O)N1CCN(C(=O)Nc2ccccc2)CC1)c1ccc(NC(=O)C2CC2)s1. The zero-order chi connectivity index (χ0) is 22.5. The number of amides is 4. The predicted molar refractivity (Wildman–Crippen MR) is 120 cm³/mol. The van der Waals surface area contributed by atoms with Gasteiger partial charge in [-0.1, -0.05) is 18.2 Å². The molecule has 1 aliphatic carbocycles. The van der Waals surface area contributed by atoms with Crippen molar-refractivity contribution in [3.8, 4) is 0 Å². The summed E-state index contributed by atoms with van der Waals surface area (Å²) in [7, 11) is 0. The maximum absolute atomic E-state index is 12.4. The molecule has 1 saturated heterocycles. The van der Waals surface area contributed by atoms with Crippen LogP contribution in [0.3, 0.4) is 0 Å². The van der Waals surface area contributed by atoms with E-state index in [0.717, 1.165) is 24.2 Å². The Morgan fingerprint density at radius 1 is 0.906 bits per heavy atom. The molecule has 9 nitrogen and oxygen atoms in total. The fourth-order valence-electron chi connectivity index (χ4n) is 3.26. The second-order valence-corrected chi connectivity index (χ2v) is 8.75. The molecule has 0 radical (unpaired) electrons. The van der Waals surface area contributed by atoms with Crippen LogP contribution in [0.1, 0.15) is 22.5 Å². The minimum absolute atomic E-state index is 0.0291. The lowest BCUT2D eigenvalue weighted by molar-refractivity contribution is -0.135. The monoisotopic (exact) mass is 456 g/mol. The lowest BCUT2D eigenvalue weighted by Crippen LogP contribution is -2.52. The quantitative estimate of drug-likeness (QED) is 0.650. The predicted octanol–water partition coefficient (Wildman–Crippen LogP) is 2.63. The summed E-state index contributed by atoms with van der Waals surface area (Å²) in [6.45, 7) is 1.17. The fraction of sp³-hybridized carbons (Fsp3) is 0.364. The molecular weight excluding hydrogens is 432 g/mol. The summed E-state index contributed by atoms with van der Waals surface area (Å²) in [5.74, 6) is -0.857. The molecule has 4 amide bonds. The van der Waals surface area contributed by atoms with Gasteiger partial charge in [-0.15, -0.1) is 11.3 Å². The van der Waals surface area contributed by atoms with Crippen molar-refractivity contribution in [1.29, 1.82) is 0 Å². The number of nitrogens with zero attached hydrogens (tertiary/aromatic N) is 2. The standard InChI is InChI=1S/C22H24N4O5S/c27-19(14-31-21(29)17-8-9-18(32-17)24-20(28)15-6-7-15)25-10-12-26(13-11-25)22(30)23-16-4-2-1-3-5-16/h1-5,8-9,15H,6-7,10-14H2,(H,23,30)(H,24,28). The van der Waals surface area contributed by atoms with Crippen LogP contribution in [0.4, 0.5) is 15.5 Å². The topological polar surface area (TPSA) is 108 Å². The Bertz CT molecular complexity index is 997. The smallest absolute Gasteiger partial charge is 0.348 e. The average molecular weight is 457 g/mol. The molecule has 1 saturated carbocycles. The highest BCUT2D eigenvalue weighted by molar-refractivity contribution is 7.18. The molecule has 168 valence electrons. The highest BCUT2D eigenvalue weighted by Gasteiger charge is 2.30. The van der Waals surface area contributed by atoms with Gasteiger partial charge in [0, 0.05) is 37.8 Å². The number of thiophene rings is 1. The van der Waals surface area contributed by atoms with Crippen LogP contribution >= 0.6 is 11.3 Å². The molecule has 0 atom stereocenters. The van der Waals surface area contributed by atoms with Gasteiger partial charge < -0.3 is 25.2 Å². The zero-order valence-electron chi connectivity index (χ0n) is 17.4. The van der Waals surface area contributed by atoms with Gasteiger partial charge >= 0.3 is 12.0 Å². The highest BCUT2D eigenvalue weighted by Crippen LogP contribution is 2.31. The van der Waals surface area contributed by atoms with Gasteiger partial charge in [-0.05, 0) is 37.1 Å². The molecule has 2 aromatic rings. The number of nitrogens with one attached hydrogen (secondary N) is 2. The lowest BCUT2D eigenvalue weighted by atomic mass is 10.3. The summed E-state index contributed by atoms with van der Waals surface area (Å²) >= 11 is 1.12. The molecule has 0 bridgehead atoms. The maximum atomic E-state index is 12.4. The molecule has 2 fully saturated rings. The molecular formula is C22H24N4O5S. The van der Waals surface area contributed by atoms with E-state index in [1.165, 1.54) is 0 Å². The van der Waals surface area contributed by atoms with Crippen LogP contribution in [-0.4, -0.2) is 66.4 Å². The van der Waals surface area contributed by atoms with E-state index in [4.69, 9.17) is 4.74 Å². The number of hydrogen-bond donors (Lipinski definition) is 2. The number of hydrogen-bond acceptors (Lipinski definition) is 6. The van der Waals surface area contributed by atoms with Gasteiger partial charge in [-0.3, -0.25) is 9.59 Å². The molecule has 2 N–H and O–H groups in total. The van der Waals surface area contributed by atoms with Gasteiger partial charge in [0.2, 0.25) is 5.91 Å². The van der Waals surface area contributed by atoms with Gasteiger partial charge in [-0.2, -0.15) is 0 Å². The van der Waals surface area contributed by atoms with Gasteiger partial charge in [0.15, 0.2) is 6.61 Å². The Morgan fingerprint density at radius 3 is 2.28 bits per heavy atom. The maximum Gasteiger partial charge on any atom is 0.348 e. The highest BCUT2D eigenvalue weighted by atomic mass is 32.1. The fourth-order valence-corrected chi connectivity index (χ4v) is 4.06. The van der Waals surface area contributed by atoms with E-state index in [1.807, 2.05) is 30.3 Å². The van der Waals surface area contributed by atoms with Crippen molar-refractivity contribution in [3.05, 3.63) is 47.3 Å². The van der Waals surface area contributed by atoms with Crippen LogP contribution < -0.4 is 10.6 Å². The van der Waals surface area contributed by atoms with Crippen molar-refractivity contribution in [2.45, 2.75) is 12.8 Å². The third-order valence-corrected chi connectivity index (χ3v) is 6.25. The van der Waals surface area contributed by atoms with Gasteiger partial charge in [0.1, 0.15) is 4.88 Å². The van der Waals surface area contributed by atoms with Gasteiger partial charge in [0.05, 0.1) is 5.00 Å². The zero-order valence-corrected chi connectivity index (χ0v) is 18.2. The van der Waals surface area contributed by atoms with Crippen molar-refractivity contribution >= 4 is 45.8 Å². The number of ether oxygens (including phenoxy) is 1. The molecule has 1 aromatic heterocycles. The summed E-state index contributed by atoms with van der Waals surface area (Å²) in [5.41, 5.74) is 0.715. The largest absolute Gasteiger partial charge is 0.451 e. The first-order chi connectivity index (χ1) is 15.5. The number of urea groups is 1. The first kappa shape index (κ1) is 21.8. The minimum Gasteiger partial charge on any atom is -0.451 e. The first-order valence-corrected chi connectivity index (χ1v) is 11.3. The summed E-state index contributed by atoms with van der Waals surface area (Å²) < 4.78 is 5.15. The van der Waals surface area contributed by atoms with E-state index in [-0.39, 0.29) is 30.4 Å². The molecule has 2 aliphatic rings. The van der Waals surface area contributed by atoms with Crippen LogP contribution in [0.25, 0.3) is 0 Å². The first-order valence-electron chi connectivity index (χ1n) is 10.5. The Labute approximate surface area is 189 Å². The Kier molecular flexibility index (Phi) is 6.69. The Morgan fingerprint density at radius 2 is 1.59 bits per heavy atom. The number of benzene rings is 1. The molecule has 1 aromatic carbocycles. The molecule has 1 aliphatic heterocycles. The van der Waals surface area contributed by atoms with E-state index in [9.17, 15) is 19.2 Å². The van der Waals surface area contributed by atoms with Gasteiger partial charge in [0.25, 0.3) is 5.91 Å². The molecule has 10 heteroatoms. The second-order valence-electron chi connectivity index (χ2n) is 7.67. The second kappa shape index (κ2) is 9.82. The number of rotatable bonds is 6. The minimum atomic E-state index is -0.601. The summed E-state index contributed by atoms with van der Waals surface area (Å²) in [6, 6.07) is 12.2. The number of carbonyl (C=O) groups excluding carboxylic acids is 4. The van der Waals surface area contributed by atoms with Crippen molar-refractivity contribution in [3.63, 3.8) is 0 Å². The molecule has 32 heavy (non-hydrogen) atoms. The van der Waals surface area contributed by atoms with Gasteiger partial charge in [-0.25, -0.2) is 9.59 Å². The third-order valence-electron chi connectivity index (χ3n) is 5.27. The number of esters is 1. The molecule has 4 rings (SSSR count). The normalized spacial score (nSPS) is 15.8. The number of carbonyl (C=O) groups is 4. The summed E-state index contributed by atoms with van der Waals surface area (Å²) in [4.78, 5) is 52.3. The van der Waals surface area contributed by atoms with Crippen molar-refractivity contribution in [2.24, 2.45) is 5.92 Å². The summed E-state index contributed by atoms with van der Waals surface area (Å²) in [5, 5.41) is 6.20. The third kappa shape index (κ3) is 5.64. The average Bonchev–Trinajstić information content (AvgIpc) is 3.57. The molecule has 0 unspecified atom stereocenters. The van der Waals surface area contributed by atoms with E-state index in [0.29, 0.717) is 41.7 Å². The van der Waals surface area contributed by atoms with E-state index in [1.54, 1.807) is 21.9 Å². The summed E-state index contributed by atoms with van der Waals surface area (Å²) in [6.07, 6.45) is 1.81.